The fourth-order valence-corrected chi connectivity index (χ4v) is 2.23. The molecule has 1 saturated carbocycles. The van der Waals surface area contributed by atoms with Gasteiger partial charge in [0.15, 0.2) is 0 Å². The van der Waals surface area contributed by atoms with Gasteiger partial charge in [0.25, 0.3) is 0 Å². The van der Waals surface area contributed by atoms with Crippen molar-refractivity contribution in [3.05, 3.63) is 29.8 Å². The second-order valence-corrected chi connectivity index (χ2v) is 4.67. The van der Waals surface area contributed by atoms with Crippen LogP contribution in [0.3, 0.4) is 0 Å². The van der Waals surface area contributed by atoms with Crippen LogP contribution in [0.4, 0.5) is 0 Å². The molecule has 1 aliphatic rings. The number of ether oxygens (including phenoxy) is 1. The molecule has 0 saturated heterocycles. The van der Waals surface area contributed by atoms with Crippen LogP contribution in [0.2, 0.25) is 0 Å². The average Bonchev–Trinajstić information content (AvgIpc) is 2.24. The summed E-state index contributed by atoms with van der Waals surface area (Å²) in [4.78, 5) is 0. The van der Waals surface area contributed by atoms with E-state index in [-0.39, 0.29) is 0 Å². The lowest BCUT2D eigenvalue weighted by molar-refractivity contribution is 0.239. The minimum absolute atomic E-state index is 0.624. The molecule has 16 heavy (non-hydrogen) atoms. The lowest BCUT2D eigenvalue weighted by atomic mass is 9.80. The minimum Gasteiger partial charge on any atom is -0.496 e. The Morgan fingerprint density at radius 3 is 2.75 bits per heavy atom. The fourth-order valence-electron chi connectivity index (χ4n) is 2.23. The van der Waals surface area contributed by atoms with E-state index >= 15 is 0 Å². The molecule has 0 heterocycles. The van der Waals surface area contributed by atoms with Crippen molar-refractivity contribution in [2.24, 2.45) is 5.92 Å². The van der Waals surface area contributed by atoms with Gasteiger partial charge >= 0.3 is 0 Å². The topological polar surface area (TPSA) is 21.3 Å². The van der Waals surface area contributed by atoms with Gasteiger partial charge in [0.2, 0.25) is 0 Å². The third-order valence-corrected chi connectivity index (χ3v) is 3.66. The van der Waals surface area contributed by atoms with Crippen LogP contribution in [0.15, 0.2) is 24.3 Å². The first-order chi connectivity index (χ1) is 7.81. The SMILES string of the molecule is COc1ccccc1CNC(C)C1CCC1. The van der Waals surface area contributed by atoms with Crippen molar-refractivity contribution in [3.63, 3.8) is 0 Å². The summed E-state index contributed by atoms with van der Waals surface area (Å²) in [7, 11) is 1.73. The standard InChI is InChI=1S/C14H21NO/c1-11(12-7-5-8-12)15-10-13-6-3-4-9-14(13)16-2/h3-4,6,9,11-12,15H,5,7-8,10H2,1-2H3. The van der Waals surface area contributed by atoms with Crippen molar-refractivity contribution < 1.29 is 4.74 Å². The van der Waals surface area contributed by atoms with Gasteiger partial charge in [-0.1, -0.05) is 24.6 Å². The van der Waals surface area contributed by atoms with Crippen LogP contribution in [0.5, 0.6) is 5.75 Å². The second kappa shape index (κ2) is 5.35. The highest BCUT2D eigenvalue weighted by molar-refractivity contribution is 5.33. The number of benzene rings is 1. The molecule has 2 heteroatoms. The van der Waals surface area contributed by atoms with E-state index in [4.69, 9.17) is 4.74 Å². The molecule has 1 unspecified atom stereocenters. The first kappa shape index (κ1) is 11.5. The summed E-state index contributed by atoms with van der Waals surface area (Å²) in [5.41, 5.74) is 1.25. The first-order valence-corrected chi connectivity index (χ1v) is 6.16. The van der Waals surface area contributed by atoms with Gasteiger partial charge in [0.1, 0.15) is 5.75 Å². The molecule has 1 aliphatic carbocycles. The predicted octanol–water partition coefficient (Wildman–Crippen LogP) is 2.97. The van der Waals surface area contributed by atoms with Crippen LogP contribution in [0, 0.1) is 5.92 Å². The first-order valence-electron chi connectivity index (χ1n) is 6.16. The monoisotopic (exact) mass is 219 g/mol. The third-order valence-electron chi connectivity index (χ3n) is 3.66. The van der Waals surface area contributed by atoms with Gasteiger partial charge in [-0.05, 0) is 31.7 Å². The fraction of sp³-hybridized carbons (Fsp3) is 0.571. The zero-order valence-corrected chi connectivity index (χ0v) is 10.2. The largest absolute Gasteiger partial charge is 0.496 e. The minimum atomic E-state index is 0.624. The van der Waals surface area contributed by atoms with Gasteiger partial charge < -0.3 is 10.1 Å². The Labute approximate surface area is 98.0 Å². The number of para-hydroxylation sites is 1. The van der Waals surface area contributed by atoms with Gasteiger partial charge in [-0.25, -0.2) is 0 Å². The van der Waals surface area contributed by atoms with Crippen LogP contribution in [-0.2, 0) is 6.54 Å². The van der Waals surface area contributed by atoms with Crippen LogP contribution < -0.4 is 10.1 Å². The Bertz CT molecular complexity index is 333. The summed E-state index contributed by atoms with van der Waals surface area (Å²) in [6.07, 6.45) is 4.19. The Kier molecular flexibility index (Phi) is 3.83. The summed E-state index contributed by atoms with van der Waals surface area (Å²) in [6.45, 7) is 3.20. The quantitative estimate of drug-likeness (QED) is 0.822. The molecule has 0 aliphatic heterocycles. The summed E-state index contributed by atoms with van der Waals surface area (Å²) >= 11 is 0. The van der Waals surface area contributed by atoms with Gasteiger partial charge in [0, 0.05) is 18.2 Å². The van der Waals surface area contributed by atoms with Crippen molar-refractivity contribution in [2.75, 3.05) is 7.11 Å². The van der Waals surface area contributed by atoms with Crippen molar-refractivity contribution in [1.82, 2.24) is 5.32 Å². The molecular formula is C14H21NO. The number of hydrogen-bond donors (Lipinski definition) is 1. The summed E-state index contributed by atoms with van der Waals surface area (Å²) in [5, 5.41) is 3.60. The average molecular weight is 219 g/mol. The molecule has 1 aromatic rings. The normalized spacial score (nSPS) is 17.9. The zero-order chi connectivity index (χ0) is 11.4. The zero-order valence-electron chi connectivity index (χ0n) is 10.2. The molecule has 0 amide bonds. The summed E-state index contributed by atoms with van der Waals surface area (Å²) in [6, 6.07) is 8.84. The maximum atomic E-state index is 5.34. The molecule has 1 fully saturated rings. The number of methoxy groups -OCH3 is 1. The number of nitrogens with one attached hydrogen (secondary N) is 1. The van der Waals surface area contributed by atoms with Crippen molar-refractivity contribution in [1.29, 1.82) is 0 Å². The van der Waals surface area contributed by atoms with E-state index in [0.717, 1.165) is 18.2 Å². The molecule has 0 spiro atoms. The Hall–Kier alpha value is -1.02. The molecule has 0 aromatic heterocycles. The Balaban J connectivity index is 1.88. The summed E-state index contributed by atoms with van der Waals surface area (Å²) in [5.74, 6) is 1.87. The van der Waals surface area contributed by atoms with Gasteiger partial charge in [-0.3, -0.25) is 0 Å². The second-order valence-electron chi connectivity index (χ2n) is 4.67. The summed E-state index contributed by atoms with van der Waals surface area (Å²) < 4.78 is 5.34. The van der Waals surface area contributed by atoms with Crippen LogP contribution in [0.1, 0.15) is 31.7 Å². The molecule has 0 radical (unpaired) electrons. The molecule has 1 atom stereocenters. The molecule has 0 bridgehead atoms. The molecule has 2 nitrogen and oxygen atoms in total. The van der Waals surface area contributed by atoms with E-state index in [1.165, 1.54) is 24.8 Å². The van der Waals surface area contributed by atoms with Crippen LogP contribution >= 0.6 is 0 Å². The highest BCUT2D eigenvalue weighted by Crippen LogP contribution is 2.29. The maximum absolute atomic E-state index is 5.34. The van der Waals surface area contributed by atoms with E-state index in [1.54, 1.807) is 7.11 Å². The van der Waals surface area contributed by atoms with Gasteiger partial charge in [0.05, 0.1) is 7.11 Å². The van der Waals surface area contributed by atoms with Crippen LogP contribution in [-0.4, -0.2) is 13.2 Å². The molecule has 1 N–H and O–H groups in total. The van der Waals surface area contributed by atoms with E-state index in [2.05, 4.69) is 24.4 Å². The molecule has 1 aromatic carbocycles. The van der Waals surface area contributed by atoms with Crippen molar-refractivity contribution >= 4 is 0 Å². The molecular weight excluding hydrogens is 198 g/mol. The van der Waals surface area contributed by atoms with Crippen molar-refractivity contribution in [2.45, 2.75) is 38.8 Å². The highest BCUT2D eigenvalue weighted by atomic mass is 16.5. The lowest BCUT2D eigenvalue weighted by Gasteiger charge is -2.32. The number of hydrogen-bond acceptors (Lipinski definition) is 2. The van der Waals surface area contributed by atoms with E-state index in [0.29, 0.717) is 6.04 Å². The van der Waals surface area contributed by atoms with E-state index < -0.39 is 0 Å². The predicted molar refractivity (Wildman–Crippen MR) is 66.6 cm³/mol. The van der Waals surface area contributed by atoms with E-state index in [9.17, 15) is 0 Å². The molecule has 88 valence electrons. The highest BCUT2D eigenvalue weighted by Gasteiger charge is 2.23. The Morgan fingerprint density at radius 2 is 2.12 bits per heavy atom. The third kappa shape index (κ3) is 2.56. The lowest BCUT2D eigenvalue weighted by Crippen LogP contribution is -2.36. The molecule has 2 rings (SSSR count). The maximum Gasteiger partial charge on any atom is 0.123 e. The van der Waals surface area contributed by atoms with Gasteiger partial charge in [-0.2, -0.15) is 0 Å². The van der Waals surface area contributed by atoms with Crippen molar-refractivity contribution in [3.8, 4) is 5.75 Å². The number of rotatable bonds is 5. The smallest absolute Gasteiger partial charge is 0.123 e. The van der Waals surface area contributed by atoms with Gasteiger partial charge in [-0.15, -0.1) is 0 Å². The van der Waals surface area contributed by atoms with Crippen LogP contribution in [0.25, 0.3) is 0 Å². The van der Waals surface area contributed by atoms with E-state index in [1.807, 2.05) is 12.1 Å². The Morgan fingerprint density at radius 1 is 1.38 bits per heavy atom.